The Morgan fingerprint density at radius 2 is 2.32 bits per heavy atom. The number of hydrogen-bond donors (Lipinski definition) is 2. The fraction of sp³-hybridized carbons (Fsp3) is 0.500. The summed E-state index contributed by atoms with van der Waals surface area (Å²) in [5, 5.41) is 13.3. The number of carbonyl (C=O) groups is 1. The molecule has 0 unspecified atom stereocenters. The summed E-state index contributed by atoms with van der Waals surface area (Å²) in [5.41, 5.74) is 0.656. The summed E-state index contributed by atoms with van der Waals surface area (Å²) in [6.07, 6.45) is 1.40. The Morgan fingerprint density at radius 1 is 1.53 bits per heavy atom. The van der Waals surface area contributed by atoms with Crippen LogP contribution in [0.5, 0.6) is 0 Å². The average molecular weight is 280 g/mol. The molecule has 1 amide bonds. The summed E-state index contributed by atoms with van der Waals surface area (Å²) in [5.74, 6) is 5.72. The normalized spacial score (nSPS) is 10.1. The molecule has 19 heavy (non-hydrogen) atoms. The van der Waals surface area contributed by atoms with Gasteiger partial charge >= 0.3 is 0 Å². The molecule has 4 nitrogen and oxygen atoms in total. The van der Waals surface area contributed by atoms with E-state index in [-0.39, 0.29) is 12.5 Å². The van der Waals surface area contributed by atoms with Crippen molar-refractivity contribution < 1.29 is 9.90 Å². The Hall–Kier alpha value is -1.35. The van der Waals surface area contributed by atoms with Gasteiger partial charge in [-0.3, -0.25) is 4.79 Å². The van der Waals surface area contributed by atoms with Gasteiger partial charge in [-0.15, -0.1) is 11.3 Å². The van der Waals surface area contributed by atoms with Crippen LogP contribution < -0.4 is 5.32 Å². The summed E-state index contributed by atoms with van der Waals surface area (Å²) in [7, 11) is 4.02. The zero-order valence-electron chi connectivity index (χ0n) is 11.4. The predicted octanol–water partition coefficient (Wildman–Crippen LogP) is 1.16. The summed E-state index contributed by atoms with van der Waals surface area (Å²) < 4.78 is 0. The Bertz CT molecular complexity index is 458. The van der Waals surface area contributed by atoms with Gasteiger partial charge in [0.25, 0.3) is 5.91 Å². The number of thiophene rings is 1. The fourth-order valence-electron chi connectivity index (χ4n) is 1.43. The lowest BCUT2D eigenvalue weighted by Crippen LogP contribution is -2.26. The number of nitrogens with one attached hydrogen (secondary N) is 1. The average Bonchev–Trinajstić information content (AvgIpc) is 2.83. The molecule has 0 saturated carbocycles. The first-order valence-electron chi connectivity index (χ1n) is 6.24. The highest BCUT2D eigenvalue weighted by molar-refractivity contribution is 7.10. The van der Waals surface area contributed by atoms with Crippen LogP contribution in [0.2, 0.25) is 0 Å². The molecule has 0 spiro atoms. The second kappa shape index (κ2) is 8.70. The number of rotatable bonds is 6. The molecule has 1 aromatic heterocycles. The minimum atomic E-state index is -0.0507. The van der Waals surface area contributed by atoms with Crippen molar-refractivity contribution in [3.63, 3.8) is 0 Å². The van der Waals surface area contributed by atoms with Crippen LogP contribution in [0, 0.1) is 11.8 Å². The largest absolute Gasteiger partial charge is 0.395 e. The molecular formula is C14H20N2O2S. The van der Waals surface area contributed by atoms with Gasteiger partial charge in [0.1, 0.15) is 0 Å². The third-order valence-electron chi connectivity index (χ3n) is 2.38. The van der Waals surface area contributed by atoms with E-state index in [1.807, 2.05) is 19.5 Å². The standard InChI is InChI=1S/C14H20N2O2S/c1-16(2)8-5-7-15-14(18)12-10-13(19-11-12)6-3-4-9-17/h10-11,17H,4-5,7-9H2,1-2H3,(H,15,18). The smallest absolute Gasteiger partial charge is 0.252 e. The van der Waals surface area contributed by atoms with Crippen LogP contribution in [0.3, 0.4) is 0 Å². The molecule has 104 valence electrons. The van der Waals surface area contributed by atoms with Crippen LogP contribution in [0.15, 0.2) is 11.4 Å². The van der Waals surface area contributed by atoms with E-state index in [0.29, 0.717) is 18.5 Å². The molecule has 2 N–H and O–H groups in total. The lowest BCUT2D eigenvalue weighted by Gasteiger charge is -2.09. The van der Waals surface area contributed by atoms with Crippen molar-refractivity contribution in [2.45, 2.75) is 12.8 Å². The van der Waals surface area contributed by atoms with Crippen molar-refractivity contribution in [3.05, 3.63) is 21.9 Å². The molecule has 1 heterocycles. The van der Waals surface area contributed by atoms with Crippen LogP contribution >= 0.6 is 11.3 Å². The molecule has 0 atom stereocenters. The quantitative estimate of drug-likeness (QED) is 0.607. The summed E-state index contributed by atoms with van der Waals surface area (Å²) in [6, 6.07) is 1.79. The lowest BCUT2D eigenvalue weighted by atomic mass is 10.3. The van der Waals surface area contributed by atoms with Crippen molar-refractivity contribution >= 4 is 17.2 Å². The van der Waals surface area contributed by atoms with E-state index >= 15 is 0 Å². The molecule has 0 radical (unpaired) electrons. The SMILES string of the molecule is CN(C)CCCNC(=O)c1csc(C#CCCO)c1. The number of aliphatic hydroxyl groups excluding tert-OH is 1. The Balaban J connectivity index is 2.39. The lowest BCUT2D eigenvalue weighted by molar-refractivity contribution is 0.0952. The first kappa shape index (κ1) is 15.7. The maximum Gasteiger partial charge on any atom is 0.252 e. The van der Waals surface area contributed by atoms with Gasteiger partial charge in [0.15, 0.2) is 0 Å². The summed E-state index contributed by atoms with van der Waals surface area (Å²) in [6.45, 7) is 1.71. The minimum absolute atomic E-state index is 0.0507. The summed E-state index contributed by atoms with van der Waals surface area (Å²) >= 11 is 1.45. The van der Waals surface area contributed by atoms with Crippen LogP contribution in [0.4, 0.5) is 0 Å². The van der Waals surface area contributed by atoms with Crippen LogP contribution in [-0.4, -0.2) is 49.7 Å². The molecule has 1 rings (SSSR count). The van der Waals surface area contributed by atoms with Gasteiger partial charge in [-0.1, -0.05) is 11.8 Å². The molecule has 5 heteroatoms. The highest BCUT2D eigenvalue weighted by Crippen LogP contribution is 2.13. The van der Waals surface area contributed by atoms with Crippen LogP contribution in [0.25, 0.3) is 0 Å². The zero-order chi connectivity index (χ0) is 14.1. The number of aliphatic hydroxyl groups is 1. The Labute approximate surface area is 118 Å². The highest BCUT2D eigenvalue weighted by Gasteiger charge is 2.07. The molecule has 0 aliphatic heterocycles. The van der Waals surface area contributed by atoms with E-state index < -0.39 is 0 Å². The van der Waals surface area contributed by atoms with Crippen molar-refractivity contribution in [1.82, 2.24) is 10.2 Å². The van der Waals surface area contributed by atoms with Crippen LogP contribution in [0.1, 0.15) is 28.1 Å². The van der Waals surface area contributed by atoms with Crippen LogP contribution in [-0.2, 0) is 0 Å². The predicted molar refractivity (Wildman–Crippen MR) is 78.4 cm³/mol. The van der Waals surface area contributed by atoms with Gasteiger partial charge in [-0.25, -0.2) is 0 Å². The molecule has 0 fully saturated rings. The first-order valence-corrected chi connectivity index (χ1v) is 7.12. The Morgan fingerprint density at radius 3 is 3.00 bits per heavy atom. The van der Waals surface area contributed by atoms with Gasteiger partial charge in [-0.2, -0.15) is 0 Å². The minimum Gasteiger partial charge on any atom is -0.395 e. The monoisotopic (exact) mass is 280 g/mol. The van der Waals surface area contributed by atoms with E-state index in [1.54, 1.807) is 6.07 Å². The van der Waals surface area contributed by atoms with E-state index in [0.717, 1.165) is 17.8 Å². The molecule has 0 aliphatic rings. The second-order valence-electron chi connectivity index (χ2n) is 4.39. The highest BCUT2D eigenvalue weighted by atomic mass is 32.1. The van der Waals surface area contributed by atoms with E-state index in [9.17, 15) is 4.79 Å². The van der Waals surface area contributed by atoms with Crippen molar-refractivity contribution in [3.8, 4) is 11.8 Å². The fourth-order valence-corrected chi connectivity index (χ4v) is 2.18. The molecule has 1 aromatic rings. The molecule has 0 saturated heterocycles. The third-order valence-corrected chi connectivity index (χ3v) is 3.22. The number of carbonyl (C=O) groups excluding carboxylic acids is 1. The third kappa shape index (κ3) is 6.39. The topological polar surface area (TPSA) is 52.6 Å². The van der Waals surface area contributed by atoms with E-state index in [2.05, 4.69) is 22.1 Å². The maximum atomic E-state index is 11.8. The molecular weight excluding hydrogens is 260 g/mol. The number of hydrogen-bond acceptors (Lipinski definition) is 4. The van der Waals surface area contributed by atoms with Gasteiger partial charge in [0.05, 0.1) is 17.0 Å². The number of nitrogens with zero attached hydrogens (tertiary/aromatic N) is 1. The molecule has 0 aliphatic carbocycles. The maximum absolute atomic E-state index is 11.8. The molecule has 0 aromatic carbocycles. The first-order chi connectivity index (χ1) is 9.13. The van der Waals surface area contributed by atoms with Gasteiger partial charge in [0, 0.05) is 18.3 Å². The van der Waals surface area contributed by atoms with Gasteiger partial charge < -0.3 is 15.3 Å². The summed E-state index contributed by atoms with van der Waals surface area (Å²) in [4.78, 5) is 14.8. The van der Waals surface area contributed by atoms with Crippen molar-refractivity contribution in [2.24, 2.45) is 0 Å². The van der Waals surface area contributed by atoms with Crippen molar-refractivity contribution in [1.29, 1.82) is 0 Å². The van der Waals surface area contributed by atoms with Gasteiger partial charge in [-0.05, 0) is 33.1 Å². The van der Waals surface area contributed by atoms with E-state index in [1.165, 1.54) is 11.3 Å². The van der Waals surface area contributed by atoms with Gasteiger partial charge in [0.2, 0.25) is 0 Å². The Kier molecular flexibility index (Phi) is 7.19. The number of amides is 1. The second-order valence-corrected chi connectivity index (χ2v) is 5.30. The molecule has 0 bridgehead atoms. The van der Waals surface area contributed by atoms with Crippen molar-refractivity contribution in [2.75, 3.05) is 33.8 Å². The van der Waals surface area contributed by atoms with E-state index in [4.69, 9.17) is 5.11 Å². The zero-order valence-corrected chi connectivity index (χ0v) is 12.2.